The highest BCUT2D eigenvalue weighted by molar-refractivity contribution is 9.10. The Morgan fingerprint density at radius 3 is 2.32 bits per heavy atom. The number of carbonyl (C=O) groups excluding carboxylic acids is 1. The van der Waals surface area contributed by atoms with Gasteiger partial charge >= 0.3 is 0 Å². The van der Waals surface area contributed by atoms with Crippen molar-refractivity contribution in [3.05, 3.63) is 63.6 Å². The lowest BCUT2D eigenvalue weighted by Gasteiger charge is -2.11. The van der Waals surface area contributed by atoms with Crippen molar-refractivity contribution in [2.45, 2.75) is 18.7 Å². The third-order valence-electron chi connectivity index (χ3n) is 3.05. The molecule has 1 amide bonds. The largest absolute Gasteiger partial charge is 0.273 e. The number of sulfonamides is 1. The lowest BCUT2D eigenvalue weighted by atomic mass is 10.1. The van der Waals surface area contributed by atoms with Gasteiger partial charge < -0.3 is 0 Å². The van der Waals surface area contributed by atoms with Crippen LogP contribution in [-0.4, -0.2) is 14.3 Å². The second-order valence-electron chi connectivity index (χ2n) is 4.84. The first-order chi connectivity index (χ1) is 10.3. The Morgan fingerprint density at radius 2 is 1.68 bits per heavy atom. The Labute approximate surface area is 137 Å². The van der Waals surface area contributed by atoms with E-state index in [-0.39, 0.29) is 4.90 Å². The Morgan fingerprint density at radius 1 is 1.05 bits per heavy atom. The molecule has 116 valence electrons. The van der Waals surface area contributed by atoms with Crippen LogP contribution < -0.4 is 10.3 Å². The van der Waals surface area contributed by atoms with Crippen LogP contribution in [0.4, 0.5) is 0 Å². The molecule has 2 rings (SSSR count). The average molecular weight is 383 g/mol. The van der Waals surface area contributed by atoms with E-state index in [4.69, 9.17) is 0 Å². The number of nitrogens with one attached hydrogen (secondary N) is 2. The minimum absolute atomic E-state index is 0.103. The van der Waals surface area contributed by atoms with Crippen LogP contribution >= 0.6 is 15.9 Å². The minimum Gasteiger partial charge on any atom is -0.273 e. The van der Waals surface area contributed by atoms with Gasteiger partial charge in [-0.15, -0.1) is 4.83 Å². The molecule has 5 nitrogen and oxygen atoms in total. The monoisotopic (exact) mass is 382 g/mol. The number of amides is 1. The van der Waals surface area contributed by atoms with Crippen LogP contribution in [0.2, 0.25) is 0 Å². The van der Waals surface area contributed by atoms with Crippen LogP contribution in [0, 0.1) is 13.8 Å². The van der Waals surface area contributed by atoms with Gasteiger partial charge in [0, 0.05) is 10.0 Å². The predicted octanol–water partition coefficient (Wildman–Crippen LogP) is 2.69. The van der Waals surface area contributed by atoms with Crippen molar-refractivity contribution in [2.75, 3.05) is 0 Å². The van der Waals surface area contributed by atoms with E-state index in [1.807, 2.05) is 6.92 Å². The number of halogens is 1. The first-order valence-electron chi connectivity index (χ1n) is 6.44. The van der Waals surface area contributed by atoms with Crippen molar-refractivity contribution >= 4 is 31.9 Å². The third kappa shape index (κ3) is 3.94. The van der Waals surface area contributed by atoms with E-state index in [1.54, 1.807) is 43.3 Å². The van der Waals surface area contributed by atoms with Gasteiger partial charge in [0.2, 0.25) is 0 Å². The summed E-state index contributed by atoms with van der Waals surface area (Å²) < 4.78 is 25.1. The maximum atomic E-state index is 12.2. The van der Waals surface area contributed by atoms with Gasteiger partial charge in [-0.05, 0) is 43.7 Å². The Bertz CT molecular complexity index is 802. The molecule has 0 aliphatic carbocycles. The number of benzene rings is 2. The molecule has 2 N–H and O–H groups in total. The highest BCUT2D eigenvalue weighted by Crippen LogP contribution is 2.20. The number of aryl methyl sites for hydroxylation is 2. The molecule has 0 aromatic heterocycles. The van der Waals surface area contributed by atoms with Gasteiger partial charge in [-0.25, -0.2) is 8.42 Å². The fourth-order valence-corrected chi connectivity index (χ4v) is 3.43. The van der Waals surface area contributed by atoms with E-state index in [9.17, 15) is 13.2 Å². The number of hydrazine groups is 1. The maximum absolute atomic E-state index is 12.2. The van der Waals surface area contributed by atoms with E-state index in [2.05, 4.69) is 26.2 Å². The first kappa shape index (κ1) is 16.7. The Balaban J connectivity index is 2.14. The van der Waals surface area contributed by atoms with E-state index in [1.165, 1.54) is 6.07 Å². The summed E-state index contributed by atoms with van der Waals surface area (Å²) in [7, 11) is -3.84. The SMILES string of the molecule is Cc1ccc(C(=O)NNS(=O)(=O)c2cc(Br)ccc2C)cc1. The second-order valence-corrected chi connectivity index (χ2v) is 7.40. The van der Waals surface area contributed by atoms with Crippen molar-refractivity contribution in [3.8, 4) is 0 Å². The molecule has 22 heavy (non-hydrogen) atoms. The summed E-state index contributed by atoms with van der Waals surface area (Å²) in [5, 5.41) is 0. The van der Waals surface area contributed by atoms with E-state index in [0.717, 1.165) is 5.56 Å². The summed E-state index contributed by atoms with van der Waals surface area (Å²) in [4.78, 5) is 14.1. The lowest BCUT2D eigenvalue weighted by molar-refractivity contribution is 0.0945. The van der Waals surface area contributed by atoms with Gasteiger partial charge in [0.15, 0.2) is 0 Å². The van der Waals surface area contributed by atoms with Gasteiger partial charge in [0.05, 0.1) is 4.90 Å². The van der Waals surface area contributed by atoms with Crippen LogP contribution in [0.1, 0.15) is 21.5 Å². The Hall–Kier alpha value is -1.70. The van der Waals surface area contributed by atoms with Crippen LogP contribution in [0.15, 0.2) is 51.8 Å². The van der Waals surface area contributed by atoms with Crippen LogP contribution in [-0.2, 0) is 10.0 Å². The zero-order valence-corrected chi connectivity index (χ0v) is 14.5. The van der Waals surface area contributed by atoms with E-state index < -0.39 is 15.9 Å². The van der Waals surface area contributed by atoms with Gasteiger partial charge in [-0.2, -0.15) is 0 Å². The van der Waals surface area contributed by atoms with Gasteiger partial charge in [-0.1, -0.05) is 39.7 Å². The summed E-state index contributed by atoms with van der Waals surface area (Å²) in [6.45, 7) is 3.59. The molecule has 0 unspecified atom stereocenters. The molecule has 2 aromatic carbocycles. The molecule has 7 heteroatoms. The van der Waals surface area contributed by atoms with Crippen LogP contribution in [0.25, 0.3) is 0 Å². The van der Waals surface area contributed by atoms with E-state index in [0.29, 0.717) is 15.6 Å². The highest BCUT2D eigenvalue weighted by Gasteiger charge is 2.18. The molecule has 0 atom stereocenters. The first-order valence-corrected chi connectivity index (χ1v) is 8.72. The smallest absolute Gasteiger partial charge is 0.266 e. The molecule has 0 saturated heterocycles. The van der Waals surface area contributed by atoms with Crippen LogP contribution in [0.5, 0.6) is 0 Å². The van der Waals surface area contributed by atoms with Gasteiger partial charge in [0.25, 0.3) is 15.9 Å². The average Bonchev–Trinajstić information content (AvgIpc) is 2.48. The zero-order valence-electron chi connectivity index (χ0n) is 12.1. The van der Waals surface area contributed by atoms with Gasteiger partial charge in [0.1, 0.15) is 0 Å². The topological polar surface area (TPSA) is 75.3 Å². The highest BCUT2D eigenvalue weighted by atomic mass is 79.9. The summed E-state index contributed by atoms with van der Waals surface area (Å²) >= 11 is 3.23. The predicted molar refractivity (Wildman–Crippen MR) is 87.8 cm³/mol. The number of hydrogen-bond donors (Lipinski definition) is 2. The molecule has 0 aliphatic heterocycles. The van der Waals surface area contributed by atoms with Crippen molar-refractivity contribution in [1.29, 1.82) is 0 Å². The van der Waals surface area contributed by atoms with Crippen molar-refractivity contribution < 1.29 is 13.2 Å². The summed E-state index contributed by atoms with van der Waals surface area (Å²) in [5.74, 6) is -0.517. The zero-order chi connectivity index (χ0) is 16.3. The molecule has 0 aliphatic rings. The minimum atomic E-state index is -3.84. The lowest BCUT2D eigenvalue weighted by Crippen LogP contribution is -2.41. The van der Waals surface area contributed by atoms with Crippen molar-refractivity contribution in [3.63, 3.8) is 0 Å². The molecule has 0 spiro atoms. The third-order valence-corrected chi connectivity index (χ3v) is 4.94. The summed E-state index contributed by atoms with van der Waals surface area (Å²) in [6.07, 6.45) is 0. The van der Waals surface area contributed by atoms with Crippen molar-refractivity contribution in [2.24, 2.45) is 0 Å². The van der Waals surface area contributed by atoms with Gasteiger partial charge in [-0.3, -0.25) is 10.2 Å². The standard InChI is InChI=1S/C15H15BrN2O3S/c1-10-3-6-12(7-4-10)15(19)17-18-22(20,21)14-9-13(16)8-5-11(14)2/h3-9,18H,1-2H3,(H,17,19). The number of rotatable bonds is 4. The summed E-state index contributed by atoms with van der Waals surface area (Å²) in [5.41, 5.74) is 4.19. The normalized spacial score (nSPS) is 11.2. The second kappa shape index (κ2) is 6.60. The molecule has 0 bridgehead atoms. The quantitative estimate of drug-likeness (QED) is 0.798. The molecular formula is C15H15BrN2O3S. The molecule has 2 aromatic rings. The molecular weight excluding hydrogens is 368 g/mol. The maximum Gasteiger partial charge on any atom is 0.266 e. The molecule has 0 radical (unpaired) electrons. The molecule has 0 fully saturated rings. The Kier molecular flexibility index (Phi) is 5.00. The molecule has 0 heterocycles. The number of hydrogen-bond acceptors (Lipinski definition) is 3. The summed E-state index contributed by atoms with van der Waals surface area (Å²) in [6, 6.07) is 11.7. The van der Waals surface area contributed by atoms with Crippen LogP contribution in [0.3, 0.4) is 0 Å². The number of carbonyl (C=O) groups is 1. The van der Waals surface area contributed by atoms with E-state index >= 15 is 0 Å². The fourth-order valence-electron chi connectivity index (χ4n) is 1.81. The fraction of sp³-hybridized carbons (Fsp3) is 0.133. The molecule has 0 saturated carbocycles. The van der Waals surface area contributed by atoms with Crippen molar-refractivity contribution in [1.82, 2.24) is 10.3 Å².